The molecule has 0 amide bonds. The average molecular weight is 157 g/mol. The van der Waals surface area contributed by atoms with E-state index in [0.717, 1.165) is 17.0 Å². The minimum atomic E-state index is 0.0787. The average Bonchev–Trinajstić information content (AvgIpc) is 2.33. The van der Waals surface area contributed by atoms with Gasteiger partial charge in [0.05, 0.1) is 10.6 Å². The predicted molar refractivity (Wildman–Crippen MR) is 41.9 cm³/mol. The maximum atomic E-state index is 5.66. The van der Waals surface area contributed by atoms with Crippen LogP contribution in [-0.2, 0) is 6.42 Å². The lowest BCUT2D eigenvalue weighted by Gasteiger charge is -2.00. The Morgan fingerprint density at radius 3 is 2.80 bits per heavy atom. The molecular weight excluding hydrogens is 146 g/mol. The van der Waals surface area contributed by atoms with E-state index in [2.05, 4.69) is 16.5 Å². The van der Waals surface area contributed by atoms with Crippen molar-refractivity contribution in [1.29, 1.82) is 0 Å². The van der Waals surface area contributed by atoms with Crippen LogP contribution < -0.4 is 5.73 Å². The molecule has 0 aromatic carbocycles. The summed E-state index contributed by atoms with van der Waals surface area (Å²) in [5.74, 6) is 0. The summed E-state index contributed by atoms with van der Waals surface area (Å²) in [5, 5.41) is 3.94. The molecule has 10 heavy (non-hydrogen) atoms. The molecule has 1 aromatic heterocycles. The number of aryl methyl sites for hydroxylation is 1. The zero-order valence-electron chi connectivity index (χ0n) is 6.16. The van der Waals surface area contributed by atoms with E-state index in [-0.39, 0.29) is 6.04 Å². The van der Waals surface area contributed by atoms with Gasteiger partial charge in [0.2, 0.25) is 0 Å². The first-order valence-electron chi connectivity index (χ1n) is 3.32. The van der Waals surface area contributed by atoms with Crippen LogP contribution in [0.1, 0.15) is 30.5 Å². The summed E-state index contributed by atoms with van der Waals surface area (Å²) in [7, 11) is 0. The first-order valence-corrected chi connectivity index (χ1v) is 4.09. The second-order valence-corrected chi connectivity index (χ2v) is 3.01. The number of hydrogen-bond donors (Lipinski definition) is 1. The fraction of sp³-hybridized carbons (Fsp3) is 0.667. The van der Waals surface area contributed by atoms with Crippen molar-refractivity contribution in [3.8, 4) is 0 Å². The highest BCUT2D eigenvalue weighted by molar-refractivity contribution is 7.05. The first kappa shape index (κ1) is 7.63. The molecule has 56 valence electrons. The van der Waals surface area contributed by atoms with Crippen molar-refractivity contribution in [3.63, 3.8) is 0 Å². The molecule has 1 aromatic rings. The Labute approximate surface area is 64.4 Å². The Morgan fingerprint density at radius 1 is 1.70 bits per heavy atom. The van der Waals surface area contributed by atoms with Gasteiger partial charge in [0.25, 0.3) is 0 Å². The van der Waals surface area contributed by atoms with Gasteiger partial charge in [-0.1, -0.05) is 11.4 Å². The summed E-state index contributed by atoms with van der Waals surface area (Å²) in [4.78, 5) is 1.11. The lowest BCUT2D eigenvalue weighted by Crippen LogP contribution is -2.05. The number of aromatic nitrogens is 2. The summed E-state index contributed by atoms with van der Waals surface area (Å²) < 4.78 is 3.83. The number of rotatable bonds is 2. The van der Waals surface area contributed by atoms with Crippen LogP contribution in [-0.4, -0.2) is 9.59 Å². The molecule has 0 fully saturated rings. The smallest absolute Gasteiger partial charge is 0.0800 e. The first-order chi connectivity index (χ1) is 4.75. The second-order valence-electron chi connectivity index (χ2n) is 2.23. The van der Waals surface area contributed by atoms with Gasteiger partial charge in [-0.3, -0.25) is 0 Å². The van der Waals surface area contributed by atoms with Crippen molar-refractivity contribution in [3.05, 3.63) is 10.6 Å². The molecule has 0 aliphatic carbocycles. The molecule has 1 atom stereocenters. The fourth-order valence-corrected chi connectivity index (χ4v) is 1.49. The maximum Gasteiger partial charge on any atom is 0.0800 e. The molecule has 0 saturated heterocycles. The molecule has 0 bridgehead atoms. The summed E-state index contributed by atoms with van der Waals surface area (Å²) in [6.45, 7) is 4.01. The highest BCUT2D eigenvalue weighted by Crippen LogP contribution is 2.17. The van der Waals surface area contributed by atoms with Crippen LogP contribution in [0.2, 0.25) is 0 Å². The van der Waals surface area contributed by atoms with E-state index in [1.54, 1.807) is 0 Å². The highest BCUT2D eigenvalue weighted by atomic mass is 32.1. The Bertz CT molecular complexity index is 207. The topological polar surface area (TPSA) is 51.8 Å². The van der Waals surface area contributed by atoms with Gasteiger partial charge in [0.15, 0.2) is 0 Å². The second kappa shape index (κ2) is 3.07. The SMILES string of the molecule is CCc1nnsc1C(C)N. The molecule has 2 N–H and O–H groups in total. The normalized spacial score (nSPS) is 13.5. The van der Waals surface area contributed by atoms with Crippen LogP contribution in [0.15, 0.2) is 0 Å². The summed E-state index contributed by atoms with van der Waals surface area (Å²) in [6.07, 6.45) is 0.924. The van der Waals surface area contributed by atoms with Crippen LogP contribution in [0.3, 0.4) is 0 Å². The largest absolute Gasteiger partial charge is 0.323 e. The van der Waals surface area contributed by atoms with E-state index in [1.165, 1.54) is 11.5 Å². The summed E-state index contributed by atoms with van der Waals surface area (Å²) in [6, 6.07) is 0.0787. The van der Waals surface area contributed by atoms with E-state index in [9.17, 15) is 0 Å². The molecular formula is C6H11N3S. The van der Waals surface area contributed by atoms with Gasteiger partial charge < -0.3 is 5.73 Å². The van der Waals surface area contributed by atoms with Crippen molar-refractivity contribution < 1.29 is 0 Å². The monoisotopic (exact) mass is 157 g/mol. The van der Waals surface area contributed by atoms with E-state index < -0.39 is 0 Å². The number of hydrogen-bond acceptors (Lipinski definition) is 4. The summed E-state index contributed by atoms with van der Waals surface area (Å²) in [5.41, 5.74) is 6.71. The Kier molecular flexibility index (Phi) is 2.34. The van der Waals surface area contributed by atoms with Gasteiger partial charge in [-0.15, -0.1) is 5.10 Å². The van der Waals surface area contributed by atoms with Crippen molar-refractivity contribution in [2.45, 2.75) is 26.3 Å². The molecule has 1 heterocycles. The van der Waals surface area contributed by atoms with Gasteiger partial charge in [-0.2, -0.15) is 0 Å². The zero-order valence-corrected chi connectivity index (χ0v) is 6.98. The zero-order chi connectivity index (χ0) is 7.56. The predicted octanol–water partition coefficient (Wildman–Crippen LogP) is 1.12. The third-order valence-corrected chi connectivity index (χ3v) is 2.30. The Morgan fingerprint density at radius 2 is 2.40 bits per heavy atom. The van der Waals surface area contributed by atoms with Crippen molar-refractivity contribution >= 4 is 11.5 Å². The van der Waals surface area contributed by atoms with Crippen LogP contribution in [0.5, 0.6) is 0 Å². The Hall–Kier alpha value is -0.480. The lowest BCUT2D eigenvalue weighted by atomic mass is 10.2. The van der Waals surface area contributed by atoms with Crippen LogP contribution in [0.25, 0.3) is 0 Å². The molecule has 1 rings (SSSR count). The highest BCUT2D eigenvalue weighted by Gasteiger charge is 2.08. The quantitative estimate of drug-likeness (QED) is 0.700. The van der Waals surface area contributed by atoms with E-state index >= 15 is 0 Å². The van der Waals surface area contributed by atoms with Crippen LogP contribution >= 0.6 is 11.5 Å². The van der Waals surface area contributed by atoms with Gasteiger partial charge in [-0.25, -0.2) is 0 Å². The van der Waals surface area contributed by atoms with Gasteiger partial charge in [0.1, 0.15) is 0 Å². The fourth-order valence-electron chi connectivity index (χ4n) is 0.807. The minimum Gasteiger partial charge on any atom is -0.323 e. The van der Waals surface area contributed by atoms with Gasteiger partial charge >= 0.3 is 0 Å². The molecule has 1 unspecified atom stereocenters. The van der Waals surface area contributed by atoms with Crippen LogP contribution in [0.4, 0.5) is 0 Å². The van der Waals surface area contributed by atoms with E-state index in [1.807, 2.05) is 6.92 Å². The Balaban J connectivity index is 2.90. The summed E-state index contributed by atoms with van der Waals surface area (Å²) >= 11 is 1.40. The van der Waals surface area contributed by atoms with Crippen molar-refractivity contribution in [2.75, 3.05) is 0 Å². The van der Waals surface area contributed by atoms with E-state index in [0.29, 0.717) is 0 Å². The van der Waals surface area contributed by atoms with Gasteiger partial charge in [0, 0.05) is 6.04 Å². The molecule has 0 radical (unpaired) electrons. The molecule has 0 spiro atoms. The molecule has 0 aliphatic heterocycles. The van der Waals surface area contributed by atoms with Crippen LogP contribution in [0, 0.1) is 0 Å². The van der Waals surface area contributed by atoms with Crippen molar-refractivity contribution in [1.82, 2.24) is 9.59 Å². The molecule has 3 nitrogen and oxygen atoms in total. The minimum absolute atomic E-state index is 0.0787. The van der Waals surface area contributed by atoms with Crippen molar-refractivity contribution in [2.24, 2.45) is 5.73 Å². The molecule has 4 heteroatoms. The lowest BCUT2D eigenvalue weighted by molar-refractivity contribution is 0.810. The third-order valence-electron chi connectivity index (χ3n) is 1.33. The molecule has 0 saturated carbocycles. The van der Waals surface area contributed by atoms with Gasteiger partial charge in [-0.05, 0) is 24.9 Å². The third kappa shape index (κ3) is 1.33. The maximum absolute atomic E-state index is 5.66. The standard InChI is InChI=1S/C6H11N3S/c1-3-5-6(4(2)7)10-9-8-5/h4H,3,7H2,1-2H3. The number of nitrogens with zero attached hydrogens (tertiary/aromatic N) is 2. The van der Waals surface area contributed by atoms with E-state index in [4.69, 9.17) is 5.73 Å². The number of nitrogens with two attached hydrogens (primary N) is 1. The molecule has 0 aliphatic rings.